The third-order valence-electron chi connectivity index (χ3n) is 4.99. The van der Waals surface area contributed by atoms with Gasteiger partial charge in [0.05, 0.1) is 5.52 Å². The lowest BCUT2D eigenvalue weighted by Gasteiger charge is -2.32. The van der Waals surface area contributed by atoms with Crippen LogP contribution in [0.1, 0.15) is 28.9 Å². The molecule has 0 radical (unpaired) electrons. The Labute approximate surface area is 147 Å². The smallest absolute Gasteiger partial charge is 0.272 e. The second-order valence-corrected chi connectivity index (χ2v) is 6.68. The summed E-state index contributed by atoms with van der Waals surface area (Å²) in [6.45, 7) is 1.62. The quantitative estimate of drug-likeness (QED) is 0.735. The van der Waals surface area contributed by atoms with Gasteiger partial charge in [0.1, 0.15) is 5.69 Å². The van der Waals surface area contributed by atoms with E-state index in [0.29, 0.717) is 11.6 Å². The lowest BCUT2D eigenvalue weighted by Crippen LogP contribution is -2.39. The SMILES string of the molecule is O=C(c1ccc2ccccc2n1)N1CCC(Cc2ccncc2)CC1. The molecule has 1 saturated heterocycles. The fraction of sp³-hybridized carbons (Fsp3) is 0.286. The molecule has 1 fully saturated rings. The molecule has 0 bridgehead atoms. The van der Waals surface area contributed by atoms with Gasteiger partial charge in [0, 0.05) is 30.9 Å². The minimum atomic E-state index is 0.0492. The van der Waals surface area contributed by atoms with Gasteiger partial charge >= 0.3 is 0 Å². The number of piperidine rings is 1. The van der Waals surface area contributed by atoms with Gasteiger partial charge in [0.25, 0.3) is 5.91 Å². The van der Waals surface area contributed by atoms with Crippen LogP contribution in [0.5, 0.6) is 0 Å². The highest BCUT2D eigenvalue weighted by atomic mass is 16.2. The molecule has 1 aromatic carbocycles. The molecule has 126 valence electrons. The molecule has 1 amide bonds. The van der Waals surface area contributed by atoms with Crippen molar-refractivity contribution in [3.05, 3.63) is 72.2 Å². The topological polar surface area (TPSA) is 46.1 Å². The zero-order chi connectivity index (χ0) is 17.1. The van der Waals surface area contributed by atoms with Crippen LogP contribution < -0.4 is 0 Å². The molecule has 3 heterocycles. The third kappa shape index (κ3) is 3.53. The summed E-state index contributed by atoms with van der Waals surface area (Å²) in [6.07, 6.45) is 6.85. The first-order chi connectivity index (χ1) is 12.3. The van der Waals surface area contributed by atoms with Crippen LogP contribution in [0.3, 0.4) is 0 Å². The first kappa shape index (κ1) is 15.8. The molecular formula is C21H21N3O. The molecule has 0 aliphatic carbocycles. The van der Waals surface area contributed by atoms with E-state index in [0.717, 1.165) is 43.3 Å². The van der Waals surface area contributed by atoms with Gasteiger partial charge in [-0.25, -0.2) is 4.98 Å². The van der Waals surface area contributed by atoms with Crippen LogP contribution in [0.25, 0.3) is 10.9 Å². The lowest BCUT2D eigenvalue weighted by molar-refractivity contribution is 0.0685. The van der Waals surface area contributed by atoms with Crippen molar-refractivity contribution in [3.8, 4) is 0 Å². The summed E-state index contributed by atoms with van der Waals surface area (Å²) < 4.78 is 0. The molecule has 0 atom stereocenters. The van der Waals surface area contributed by atoms with Crippen molar-refractivity contribution in [2.24, 2.45) is 5.92 Å². The highest BCUT2D eigenvalue weighted by Gasteiger charge is 2.24. The maximum Gasteiger partial charge on any atom is 0.272 e. The lowest BCUT2D eigenvalue weighted by atomic mass is 9.90. The van der Waals surface area contributed by atoms with E-state index in [2.05, 4.69) is 22.1 Å². The number of amides is 1. The number of pyridine rings is 2. The summed E-state index contributed by atoms with van der Waals surface area (Å²) in [7, 11) is 0. The molecule has 0 N–H and O–H groups in total. The van der Waals surface area contributed by atoms with Gasteiger partial charge in [-0.05, 0) is 55.0 Å². The average Bonchev–Trinajstić information content (AvgIpc) is 2.68. The Morgan fingerprint density at radius 2 is 1.76 bits per heavy atom. The van der Waals surface area contributed by atoms with E-state index in [9.17, 15) is 4.79 Å². The normalized spacial score (nSPS) is 15.4. The Morgan fingerprint density at radius 1 is 1.00 bits per heavy atom. The van der Waals surface area contributed by atoms with E-state index in [1.54, 1.807) is 0 Å². The fourth-order valence-corrected chi connectivity index (χ4v) is 3.54. The number of fused-ring (bicyclic) bond motifs is 1. The van der Waals surface area contributed by atoms with Crippen LogP contribution in [0, 0.1) is 5.92 Å². The number of para-hydroxylation sites is 1. The summed E-state index contributed by atoms with van der Waals surface area (Å²) in [5, 5.41) is 1.06. The predicted octanol–water partition coefficient (Wildman–Crippen LogP) is 3.72. The van der Waals surface area contributed by atoms with Crippen molar-refractivity contribution in [2.45, 2.75) is 19.3 Å². The van der Waals surface area contributed by atoms with Crippen molar-refractivity contribution in [1.82, 2.24) is 14.9 Å². The van der Waals surface area contributed by atoms with E-state index >= 15 is 0 Å². The number of likely N-dealkylation sites (tertiary alicyclic amines) is 1. The molecule has 0 spiro atoms. The molecule has 3 aromatic rings. The van der Waals surface area contributed by atoms with Crippen molar-refractivity contribution in [3.63, 3.8) is 0 Å². The van der Waals surface area contributed by atoms with Gasteiger partial charge in [-0.15, -0.1) is 0 Å². The summed E-state index contributed by atoms with van der Waals surface area (Å²) >= 11 is 0. The Balaban J connectivity index is 1.40. The zero-order valence-corrected chi connectivity index (χ0v) is 14.1. The maximum absolute atomic E-state index is 12.8. The second kappa shape index (κ2) is 7.01. The second-order valence-electron chi connectivity index (χ2n) is 6.68. The number of rotatable bonds is 3. The number of hydrogen-bond donors (Lipinski definition) is 0. The molecule has 1 aliphatic rings. The van der Waals surface area contributed by atoms with E-state index in [-0.39, 0.29) is 5.91 Å². The summed E-state index contributed by atoms with van der Waals surface area (Å²) in [6, 6.07) is 15.9. The minimum Gasteiger partial charge on any atom is -0.337 e. The van der Waals surface area contributed by atoms with Crippen molar-refractivity contribution >= 4 is 16.8 Å². The monoisotopic (exact) mass is 331 g/mol. The van der Waals surface area contributed by atoms with E-state index < -0.39 is 0 Å². The van der Waals surface area contributed by atoms with Crippen LogP contribution in [0.15, 0.2) is 60.9 Å². The Morgan fingerprint density at radius 3 is 2.56 bits per heavy atom. The van der Waals surface area contributed by atoms with Crippen LogP contribution in [-0.4, -0.2) is 33.9 Å². The number of aromatic nitrogens is 2. The molecule has 4 heteroatoms. The first-order valence-electron chi connectivity index (χ1n) is 8.83. The van der Waals surface area contributed by atoms with Crippen molar-refractivity contribution in [2.75, 3.05) is 13.1 Å². The van der Waals surface area contributed by atoms with Gasteiger partial charge in [0.2, 0.25) is 0 Å². The third-order valence-corrected chi connectivity index (χ3v) is 4.99. The van der Waals surface area contributed by atoms with Crippen LogP contribution in [0.4, 0.5) is 0 Å². The Bertz CT molecular complexity index is 870. The zero-order valence-electron chi connectivity index (χ0n) is 14.1. The summed E-state index contributed by atoms with van der Waals surface area (Å²) in [5.74, 6) is 0.684. The minimum absolute atomic E-state index is 0.0492. The average molecular weight is 331 g/mol. The fourth-order valence-electron chi connectivity index (χ4n) is 3.54. The number of hydrogen-bond acceptors (Lipinski definition) is 3. The Hall–Kier alpha value is -2.75. The number of carbonyl (C=O) groups excluding carboxylic acids is 1. The molecule has 2 aromatic heterocycles. The first-order valence-corrected chi connectivity index (χ1v) is 8.83. The van der Waals surface area contributed by atoms with Gasteiger partial charge in [-0.2, -0.15) is 0 Å². The molecule has 4 nitrogen and oxygen atoms in total. The van der Waals surface area contributed by atoms with Crippen LogP contribution in [-0.2, 0) is 6.42 Å². The van der Waals surface area contributed by atoms with Gasteiger partial charge in [-0.3, -0.25) is 9.78 Å². The Kier molecular flexibility index (Phi) is 4.42. The molecule has 25 heavy (non-hydrogen) atoms. The summed E-state index contributed by atoms with van der Waals surface area (Å²) in [5.41, 5.74) is 2.75. The van der Waals surface area contributed by atoms with E-state index in [4.69, 9.17) is 0 Å². The molecule has 4 rings (SSSR count). The van der Waals surface area contributed by atoms with Crippen molar-refractivity contribution < 1.29 is 4.79 Å². The number of carbonyl (C=O) groups is 1. The maximum atomic E-state index is 12.8. The largest absolute Gasteiger partial charge is 0.337 e. The van der Waals surface area contributed by atoms with Gasteiger partial charge in [0.15, 0.2) is 0 Å². The van der Waals surface area contributed by atoms with Crippen molar-refractivity contribution in [1.29, 1.82) is 0 Å². The molecule has 1 aliphatic heterocycles. The van der Waals surface area contributed by atoms with Crippen LogP contribution in [0.2, 0.25) is 0 Å². The van der Waals surface area contributed by atoms with E-state index in [1.807, 2.05) is 53.7 Å². The number of nitrogens with zero attached hydrogens (tertiary/aromatic N) is 3. The predicted molar refractivity (Wildman–Crippen MR) is 98.3 cm³/mol. The number of benzene rings is 1. The van der Waals surface area contributed by atoms with E-state index in [1.165, 1.54) is 5.56 Å². The van der Waals surface area contributed by atoms with Crippen LogP contribution >= 0.6 is 0 Å². The van der Waals surface area contributed by atoms with Gasteiger partial charge < -0.3 is 4.90 Å². The molecule has 0 saturated carbocycles. The highest BCUT2D eigenvalue weighted by molar-refractivity contribution is 5.94. The van der Waals surface area contributed by atoms with Gasteiger partial charge in [-0.1, -0.05) is 24.3 Å². The molecule has 0 unspecified atom stereocenters. The summed E-state index contributed by atoms with van der Waals surface area (Å²) in [4.78, 5) is 23.3. The molecular weight excluding hydrogens is 310 g/mol. The standard InChI is InChI=1S/C21H21N3O/c25-21(20-6-5-18-3-1-2-4-19(18)23-20)24-13-9-17(10-14-24)15-16-7-11-22-12-8-16/h1-8,11-12,17H,9-10,13-15H2. The highest BCUT2D eigenvalue weighted by Crippen LogP contribution is 2.23.